The number of fused-ring (bicyclic) bond motifs is 6. The van der Waals surface area contributed by atoms with Crippen molar-refractivity contribution in [3.63, 3.8) is 0 Å². The molecule has 0 bridgehead atoms. The summed E-state index contributed by atoms with van der Waals surface area (Å²) in [5, 5.41) is 8.82. The lowest BCUT2D eigenvalue weighted by Crippen LogP contribution is -2.53. The van der Waals surface area contributed by atoms with Crippen molar-refractivity contribution < 1.29 is 9.18 Å². The van der Waals surface area contributed by atoms with E-state index in [2.05, 4.69) is 31.0 Å². The Bertz CT molecular complexity index is 1080. The van der Waals surface area contributed by atoms with Crippen LogP contribution in [0.1, 0.15) is 78.6 Å². The fraction of sp³-hybridized carbons (Fsp3) is 0.750. The number of benzene rings is 1. The van der Waals surface area contributed by atoms with Crippen molar-refractivity contribution >= 4 is 16.8 Å². The zero-order valence-corrected chi connectivity index (χ0v) is 20.4. The highest BCUT2D eigenvalue weighted by molar-refractivity contribution is 5.82. The van der Waals surface area contributed by atoms with Gasteiger partial charge in [0, 0.05) is 12.0 Å². The van der Waals surface area contributed by atoms with E-state index in [4.69, 9.17) is 0 Å². The molecule has 4 aliphatic rings. The molecule has 4 nitrogen and oxygen atoms in total. The zero-order valence-electron chi connectivity index (χ0n) is 20.4. The maximum absolute atomic E-state index is 13.5. The van der Waals surface area contributed by atoms with Crippen LogP contribution in [0.25, 0.3) is 11.0 Å². The van der Waals surface area contributed by atoms with E-state index >= 15 is 0 Å². The van der Waals surface area contributed by atoms with E-state index in [0.717, 1.165) is 30.1 Å². The summed E-state index contributed by atoms with van der Waals surface area (Å²) < 4.78 is 13.5. The lowest BCUT2D eigenvalue weighted by atomic mass is 9.44. The van der Waals surface area contributed by atoms with Crippen LogP contribution in [0.3, 0.4) is 0 Å². The first-order valence-corrected chi connectivity index (χ1v) is 13.3. The predicted octanol–water partition coefficient (Wildman–Crippen LogP) is 6.43. The van der Waals surface area contributed by atoms with Crippen LogP contribution in [0.4, 0.5) is 4.39 Å². The highest BCUT2D eigenvalue weighted by Crippen LogP contribution is 2.67. The molecule has 6 unspecified atom stereocenters. The van der Waals surface area contributed by atoms with Crippen molar-refractivity contribution in [2.45, 2.75) is 85.1 Å². The molecule has 0 radical (unpaired) electrons. The Kier molecular flexibility index (Phi) is 5.01. The number of hydrogen-bond donors (Lipinski definition) is 0. The Labute approximate surface area is 196 Å². The van der Waals surface area contributed by atoms with Gasteiger partial charge in [0.15, 0.2) is 5.78 Å². The summed E-state index contributed by atoms with van der Waals surface area (Å²) in [5.74, 6) is 4.19. The first-order chi connectivity index (χ1) is 15.8. The minimum Gasteiger partial charge on any atom is -0.297 e. The van der Waals surface area contributed by atoms with Crippen molar-refractivity contribution in [3.8, 4) is 0 Å². The number of halogens is 1. The maximum atomic E-state index is 13.5. The van der Waals surface area contributed by atoms with Gasteiger partial charge < -0.3 is 0 Å². The van der Waals surface area contributed by atoms with Gasteiger partial charge in [-0.05, 0) is 104 Å². The van der Waals surface area contributed by atoms with Gasteiger partial charge in [0.05, 0.1) is 0 Å². The van der Waals surface area contributed by atoms with E-state index in [-0.39, 0.29) is 29.5 Å². The van der Waals surface area contributed by atoms with Crippen molar-refractivity contribution in [3.05, 3.63) is 24.0 Å². The number of hydrogen-bond acceptors (Lipinski definition) is 3. The van der Waals surface area contributed by atoms with Gasteiger partial charge in [-0.25, -0.2) is 4.39 Å². The molecular weight excluding hydrogens is 413 g/mol. The van der Waals surface area contributed by atoms with Crippen LogP contribution in [-0.4, -0.2) is 20.8 Å². The highest BCUT2D eigenvalue weighted by Gasteiger charge is 2.60. The average molecular weight is 452 g/mol. The summed E-state index contributed by atoms with van der Waals surface area (Å²) in [6.07, 6.45) is 11.7. The number of aromatic nitrogens is 3. The fourth-order valence-electron chi connectivity index (χ4n) is 9.25. The number of ketones is 1. The normalized spacial score (nSPS) is 42.5. The van der Waals surface area contributed by atoms with Gasteiger partial charge in [-0.2, -0.15) is 15.0 Å². The topological polar surface area (TPSA) is 47.8 Å². The quantitative estimate of drug-likeness (QED) is 0.540. The minimum atomic E-state index is -0.320. The number of carbonyl (C=O) groups is 1. The molecule has 4 aliphatic carbocycles. The molecule has 0 aliphatic heterocycles. The molecule has 4 fully saturated rings. The Hall–Kier alpha value is -1.78. The molecule has 1 aromatic heterocycles. The van der Waals surface area contributed by atoms with Gasteiger partial charge in [0.25, 0.3) is 0 Å². The summed E-state index contributed by atoms with van der Waals surface area (Å²) in [6.45, 7) is 7.69. The smallest absolute Gasteiger partial charge is 0.159 e. The molecule has 8 atom stereocenters. The summed E-state index contributed by atoms with van der Waals surface area (Å²) in [4.78, 5) is 15.0. The third-order valence-corrected chi connectivity index (χ3v) is 11.0. The molecule has 0 amide bonds. The summed E-state index contributed by atoms with van der Waals surface area (Å²) in [5.41, 5.74) is 1.80. The van der Waals surface area contributed by atoms with Crippen molar-refractivity contribution in [1.29, 1.82) is 0 Å². The van der Waals surface area contributed by atoms with E-state index in [1.54, 1.807) is 6.07 Å². The molecule has 1 heterocycles. The Morgan fingerprint density at radius 1 is 1.00 bits per heavy atom. The largest absolute Gasteiger partial charge is 0.297 e. The molecule has 0 spiro atoms. The molecule has 33 heavy (non-hydrogen) atoms. The van der Waals surface area contributed by atoms with Crippen LogP contribution in [0, 0.1) is 52.2 Å². The lowest BCUT2D eigenvalue weighted by molar-refractivity contribution is -0.137. The van der Waals surface area contributed by atoms with E-state index < -0.39 is 0 Å². The van der Waals surface area contributed by atoms with Crippen LogP contribution in [0.15, 0.2) is 18.2 Å². The van der Waals surface area contributed by atoms with Crippen LogP contribution >= 0.6 is 0 Å². The van der Waals surface area contributed by atoms with Gasteiger partial charge in [-0.15, -0.1) is 0 Å². The Morgan fingerprint density at radius 3 is 2.61 bits per heavy atom. The van der Waals surface area contributed by atoms with E-state index in [1.807, 2.05) is 0 Å². The molecule has 0 saturated heterocycles. The van der Waals surface area contributed by atoms with E-state index in [0.29, 0.717) is 22.4 Å². The average Bonchev–Trinajstić information content (AvgIpc) is 3.33. The van der Waals surface area contributed by atoms with Crippen molar-refractivity contribution in [1.82, 2.24) is 15.0 Å². The molecule has 178 valence electrons. The molecule has 0 N–H and O–H groups in total. The number of nitrogens with zero attached hydrogens (tertiary/aromatic N) is 3. The molecule has 4 saturated carbocycles. The second-order valence-corrected chi connectivity index (χ2v) is 12.5. The second kappa shape index (κ2) is 7.61. The van der Waals surface area contributed by atoms with Gasteiger partial charge in [-0.3, -0.25) is 4.79 Å². The first kappa shape index (κ1) is 21.7. The summed E-state index contributed by atoms with van der Waals surface area (Å²) >= 11 is 0. The lowest BCUT2D eigenvalue weighted by Gasteiger charge is -2.61. The molecule has 2 aromatic rings. The minimum absolute atomic E-state index is 0.103. The van der Waals surface area contributed by atoms with E-state index in [1.165, 1.54) is 68.3 Å². The van der Waals surface area contributed by atoms with Crippen LogP contribution in [-0.2, 0) is 11.3 Å². The number of carbonyl (C=O) groups excluding carboxylic acids is 1. The maximum Gasteiger partial charge on any atom is 0.159 e. The SMILES string of the molecule is C[C@H]1CC[C@@]2(C)C(CCC3C4CCC(C(=O)Cn5nc6ccc(F)cc6n5)C4(C)CCC32)C1. The van der Waals surface area contributed by atoms with Crippen molar-refractivity contribution in [2.75, 3.05) is 0 Å². The predicted molar refractivity (Wildman–Crippen MR) is 127 cm³/mol. The highest BCUT2D eigenvalue weighted by atomic mass is 19.1. The third kappa shape index (κ3) is 3.31. The molecular formula is C28H38FN3O. The van der Waals surface area contributed by atoms with Crippen LogP contribution < -0.4 is 0 Å². The fourth-order valence-corrected chi connectivity index (χ4v) is 9.25. The van der Waals surface area contributed by atoms with Gasteiger partial charge in [-0.1, -0.05) is 27.2 Å². The third-order valence-electron chi connectivity index (χ3n) is 11.0. The Balaban J connectivity index is 1.21. The monoisotopic (exact) mass is 451 g/mol. The first-order valence-electron chi connectivity index (χ1n) is 13.3. The number of rotatable bonds is 3. The van der Waals surface area contributed by atoms with Crippen LogP contribution in [0.5, 0.6) is 0 Å². The Morgan fingerprint density at radius 2 is 1.76 bits per heavy atom. The van der Waals surface area contributed by atoms with Gasteiger partial charge >= 0.3 is 0 Å². The number of Topliss-reactive ketones (excluding diaryl/α,β-unsaturated/α-hetero) is 1. The molecule has 6 rings (SSSR count). The van der Waals surface area contributed by atoms with Gasteiger partial charge in [0.2, 0.25) is 0 Å². The van der Waals surface area contributed by atoms with E-state index in [9.17, 15) is 9.18 Å². The van der Waals surface area contributed by atoms with Gasteiger partial charge in [0.1, 0.15) is 23.4 Å². The second-order valence-electron chi connectivity index (χ2n) is 12.5. The zero-order chi connectivity index (χ0) is 23.0. The summed E-state index contributed by atoms with van der Waals surface area (Å²) in [6, 6.07) is 4.42. The molecule has 1 aromatic carbocycles. The standard InChI is InChI=1S/C28H38FN3O/c1-17-10-12-27(2)18(14-17)4-6-20-21-7-8-23(28(21,3)13-11-22(20)27)26(33)16-32-30-24-9-5-19(29)15-25(24)31-32/h5,9,15,17-18,20-23H,4,6-8,10-14,16H2,1-3H3/t17-,18?,20?,21?,22?,23?,27-,28?/m0/s1. The summed E-state index contributed by atoms with van der Waals surface area (Å²) in [7, 11) is 0. The van der Waals surface area contributed by atoms with Crippen LogP contribution in [0.2, 0.25) is 0 Å². The van der Waals surface area contributed by atoms with Crippen molar-refractivity contribution in [2.24, 2.45) is 46.3 Å². The molecule has 5 heteroatoms.